The van der Waals surface area contributed by atoms with Crippen LogP contribution >= 0.6 is 0 Å². The van der Waals surface area contributed by atoms with Crippen LogP contribution < -0.4 is 0 Å². The second kappa shape index (κ2) is 4.94. The van der Waals surface area contributed by atoms with E-state index >= 15 is 0 Å². The molecule has 1 aromatic rings. The highest BCUT2D eigenvalue weighted by Crippen LogP contribution is 2.16. The fraction of sp³-hybridized carbons (Fsp3) is 0.364. The molecule has 0 saturated carbocycles. The van der Waals surface area contributed by atoms with Crippen molar-refractivity contribution in [2.24, 2.45) is 0 Å². The van der Waals surface area contributed by atoms with E-state index in [4.69, 9.17) is 6.42 Å². The van der Waals surface area contributed by atoms with E-state index in [0.717, 1.165) is 6.42 Å². The van der Waals surface area contributed by atoms with E-state index in [-0.39, 0.29) is 5.03 Å². The van der Waals surface area contributed by atoms with Crippen LogP contribution in [0.3, 0.4) is 0 Å². The molecule has 1 heterocycles. The van der Waals surface area contributed by atoms with Crippen molar-refractivity contribution in [3.8, 4) is 12.3 Å². The Balaban J connectivity index is 3.08. The van der Waals surface area contributed by atoms with Gasteiger partial charge in [-0.1, -0.05) is 25.3 Å². The summed E-state index contributed by atoms with van der Waals surface area (Å²) in [6.45, 7) is 1.90. The van der Waals surface area contributed by atoms with Crippen molar-refractivity contribution >= 4 is 9.84 Å². The van der Waals surface area contributed by atoms with Crippen LogP contribution in [-0.4, -0.2) is 18.7 Å². The molecule has 1 aromatic heterocycles. The van der Waals surface area contributed by atoms with Crippen LogP contribution in [0.1, 0.15) is 19.8 Å². The van der Waals surface area contributed by atoms with Crippen LogP contribution in [0, 0.1) is 12.3 Å². The molecule has 1 rings (SSSR count). The van der Waals surface area contributed by atoms with Gasteiger partial charge in [0.2, 0.25) is 9.84 Å². The molecule has 0 aromatic carbocycles. The number of nitrogens with zero attached hydrogens (tertiary/aromatic N) is 1. The predicted molar refractivity (Wildman–Crippen MR) is 59.0 cm³/mol. The molecule has 0 N–H and O–H groups in total. The molecule has 0 spiro atoms. The molecule has 0 bridgehead atoms. The molecule has 0 aliphatic rings. The number of aromatic nitrogens is 1. The number of terminal acetylenes is 1. The summed E-state index contributed by atoms with van der Waals surface area (Å²) in [5, 5.41) is -0.709. The first kappa shape index (κ1) is 11.7. The Morgan fingerprint density at radius 2 is 2.27 bits per heavy atom. The number of hydrogen-bond donors (Lipinski definition) is 0. The van der Waals surface area contributed by atoms with Gasteiger partial charge in [0.25, 0.3) is 0 Å². The third-order valence-corrected chi connectivity index (χ3v) is 3.99. The van der Waals surface area contributed by atoms with Crippen LogP contribution in [0.25, 0.3) is 0 Å². The number of hydrogen-bond acceptors (Lipinski definition) is 3. The molecule has 0 fully saturated rings. The molecule has 0 amide bonds. The average molecular weight is 223 g/mol. The van der Waals surface area contributed by atoms with Gasteiger partial charge in [-0.05, 0) is 18.6 Å². The Labute approximate surface area is 90.5 Å². The van der Waals surface area contributed by atoms with E-state index < -0.39 is 15.1 Å². The molecule has 0 aliphatic heterocycles. The van der Waals surface area contributed by atoms with Crippen LogP contribution in [0.4, 0.5) is 0 Å². The summed E-state index contributed by atoms with van der Waals surface area (Å²) in [4.78, 5) is 3.82. The maximum absolute atomic E-state index is 11.9. The predicted octanol–water partition coefficient (Wildman–Crippen LogP) is 1.66. The average Bonchev–Trinajstić information content (AvgIpc) is 2.27. The first-order valence-corrected chi connectivity index (χ1v) is 6.28. The SMILES string of the molecule is C#C[C@H](CCC)S(=O)(=O)c1ccccn1. The van der Waals surface area contributed by atoms with Crippen LogP contribution in [0.5, 0.6) is 0 Å². The molecular formula is C11H13NO2S. The minimum Gasteiger partial charge on any atom is -0.245 e. The van der Waals surface area contributed by atoms with Gasteiger partial charge in [0, 0.05) is 6.20 Å². The van der Waals surface area contributed by atoms with Gasteiger partial charge in [-0.2, -0.15) is 0 Å². The van der Waals surface area contributed by atoms with Crippen LogP contribution in [-0.2, 0) is 9.84 Å². The lowest BCUT2D eigenvalue weighted by Crippen LogP contribution is -2.20. The fourth-order valence-corrected chi connectivity index (χ4v) is 2.74. The number of sulfone groups is 1. The molecule has 4 heteroatoms. The van der Waals surface area contributed by atoms with Gasteiger partial charge >= 0.3 is 0 Å². The normalized spacial score (nSPS) is 13.1. The van der Waals surface area contributed by atoms with E-state index in [1.807, 2.05) is 6.92 Å². The Hall–Kier alpha value is -1.34. The summed E-state index contributed by atoms with van der Waals surface area (Å²) >= 11 is 0. The quantitative estimate of drug-likeness (QED) is 0.729. The summed E-state index contributed by atoms with van der Waals surface area (Å²) in [6.07, 6.45) is 7.88. The van der Waals surface area contributed by atoms with E-state index in [0.29, 0.717) is 6.42 Å². The zero-order chi connectivity index (χ0) is 11.3. The van der Waals surface area contributed by atoms with Gasteiger partial charge in [-0.15, -0.1) is 6.42 Å². The molecule has 0 saturated heterocycles. The number of pyridine rings is 1. The van der Waals surface area contributed by atoms with Gasteiger partial charge in [-0.25, -0.2) is 13.4 Å². The zero-order valence-corrected chi connectivity index (χ0v) is 9.37. The largest absolute Gasteiger partial charge is 0.245 e. The molecule has 1 atom stereocenters. The molecule has 80 valence electrons. The minimum atomic E-state index is -3.46. The molecular weight excluding hydrogens is 210 g/mol. The first-order chi connectivity index (χ1) is 7.12. The topological polar surface area (TPSA) is 47.0 Å². The van der Waals surface area contributed by atoms with Gasteiger partial charge in [0.15, 0.2) is 5.03 Å². The van der Waals surface area contributed by atoms with E-state index in [9.17, 15) is 8.42 Å². The lowest BCUT2D eigenvalue weighted by Gasteiger charge is -2.09. The van der Waals surface area contributed by atoms with Crippen molar-refractivity contribution in [2.45, 2.75) is 30.0 Å². The minimum absolute atomic E-state index is 0.0569. The monoisotopic (exact) mass is 223 g/mol. The highest BCUT2D eigenvalue weighted by molar-refractivity contribution is 7.92. The van der Waals surface area contributed by atoms with E-state index in [2.05, 4.69) is 10.9 Å². The summed E-state index contributed by atoms with van der Waals surface area (Å²) in [5.41, 5.74) is 0. The fourth-order valence-electron chi connectivity index (χ4n) is 1.25. The highest BCUT2D eigenvalue weighted by atomic mass is 32.2. The zero-order valence-electron chi connectivity index (χ0n) is 8.55. The third kappa shape index (κ3) is 2.57. The summed E-state index contributed by atoms with van der Waals surface area (Å²) in [7, 11) is -3.46. The first-order valence-electron chi connectivity index (χ1n) is 4.74. The maximum Gasteiger partial charge on any atom is 0.209 e. The van der Waals surface area contributed by atoms with Crippen molar-refractivity contribution in [2.75, 3.05) is 0 Å². The van der Waals surface area contributed by atoms with Crippen molar-refractivity contribution < 1.29 is 8.42 Å². The lowest BCUT2D eigenvalue weighted by molar-refractivity contribution is 0.580. The molecule has 0 radical (unpaired) electrons. The second-order valence-corrected chi connectivity index (χ2v) is 5.23. The second-order valence-electron chi connectivity index (χ2n) is 3.16. The van der Waals surface area contributed by atoms with Crippen LogP contribution in [0.15, 0.2) is 29.4 Å². The molecule has 0 unspecified atom stereocenters. The Kier molecular flexibility index (Phi) is 3.87. The Bertz CT molecular complexity index is 445. The Morgan fingerprint density at radius 3 is 2.73 bits per heavy atom. The van der Waals surface area contributed by atoms with E-state index in [1.54, 1.807) is 12.1 Å². The summed E-state index contributed by atoms with van der Waals surface area (Å²) < 4.78 is 23.9. The van der Waals surface area contributed by atoms with Gasteiger partial charge in [0.05, 0.1) is 0 Å². The van der Waals surface area contributed by atoms with Crippen molar-refractivity contribution in [1.82, 2.24) is 4.98 Å². The van der Waals surface area contributed by atoms with Gasteiger partial charge in [-0.3, -0.25) is 0 Å². The van der Waals surface area contributed by atoms with Crippen LogP contribution in [0.2, 0.25) is 0 Å². The van der Waals surface area contributed by atoms with E-state index in [1.165, 1.54) is 12.3 Å². The molecule has 0 aliphatic carbocycles. The number of rotatable bonds is 4. The van der Waals surface area contributed by atoms with Gasteiger partial charge < -0.3 is 0 Å². The lowest BCUT2D eigenvalue weighted by atomic mass is 10.2. The third-order valence-electron chi connectivity index (χ3n) is 2.04. The standard InChI is InChI=1S/C11H13NO2S/c1-3-7-10(4-2)15(13,14)11-8-5-6-9-12-11/h2,5-6,8-10H,3,7H2,1H3/t10-/m1/s1. The smallest absolute Gasteiger partial charge is 0.209 e. The maximum atomic E-state index is 11.9. The van der Waals surface area contributed by atoms with Crippen molar-refractivity contribution in [1.29, 1.82) is 0 Å². The summed E-state index contributed by atoms with van der Waals surface area (Å²) in [5.74, 6) is 2.31. The van der Waals surface area contributed by atoms with Crippen molar-refractivity contribution in [3.05, 3.63) is 24.4 Å². The highest BCUT2D eigenvalue weighted by Gasteiger charge is 2.25. The summed E-state index contributed by atoms with van der Waals surface area (Å²) in [6, 6.07) is 4.78. The van der Waals surface area contributed by atoms with Gasteiger partial charge in [0.1, 0.15) is 5.25 Å². The van der Waals surface area contributed by atoms with Crippen molar-refractivity contribution in [3.63, 3.8) is 0 Å². The molecule has 3 nitrogen and oxygen atoms in total. The molecule has 15 heavy (non-hydrogen) atoms. The Morgan fingerprint density at radius 1 is 1.53 bits per heavy atom.